The van der Waals surface area contributed by atoms with Crippen LogP contribution in [0.1, 0.15) is 59.7 Å². The molecule has 16 nitrogen and oxygen atoms in total. The third-order valence-corrected chi connectivity index (χ3v) is 11.8. The van der Waals surface area contributed by atoms with E-state index in [2.05, 4.69) is 30.3 Å². The average Bonchev–Trinajstić information content (AvgIpc) is 3.46. The molecule has 3 saturated heterocycles. The van der Waals surface area contributed by atoms with E-state index in [1.54, 1.807) is 31.4 Å². The molecule has 2 aromatic heterocycles. The van der Waals surface area contributed by atoms with Crippen LogP contribution in [0.15, 0.2) is 53.5 Å². The first-order chi connectivity index (χ1) is 27.9. The standard InChI is InChI=1S/C41H44ClN9O7/c1-24(52)23-58-34-20-26-19-27(3-6-32(26)47(2)40(34)57)44-36-31(42)22-43-41(46-36)50-13-10-25(11-14-50)9-12-48-15-17-49(18-16-48)28-4-5-29-30(21-28)39(56)51(38(29)55)33-7-8-35(53)45-37(33)54/h3-6,19-22,25,33H,7-18,23H2,1-2H3,(H,43,44,46)(H,45,53,54). The van der Waals surface area contributed by atoms with Crippen molar-refractivity contribution >= 4 is 75.1 Å². The number of aryl methyl sites for hydroxylation is 1. The van der Waals surface area contributed by atoms with Gasteiger partial charge in [-0.05, 0) is 87.5 Å². The van der Waals surface area contributed by atoms with Crippen molar-refractivity contribution < 1.29 is 28.7 Å². The molecule has 4 aliphatic heterocycles. The molecule has 0 aliphatic carbocycles. The molecule has 58 heavy (non-hydrogen) atoms. The monoisotopic (exact) mass is 809 g/mol. The number of nitrogens with zero attached hydrogens (tertiary/aromatic N) is 7. The summed E-state index contributed by atoms with van der Waals surface area (Å²) in [6, 6.07) is 11.5. The topological polar surface area (TPSA) is 179 Å². The number of anilines is 4. The average molecular weight is 810 g/mol. The smallest absolute Gasteiger partial charge is 0.293 e. The minimum Gasteiger partial charge on any atom is -0.480 e. The number of halogens is 1. The minimum atomic E-state index is -0.980. The number of ether oxygens (including phenoxy) is 1. The van der Waals surface area contributed by atoms with Gasteiger partial charge in [0.2, 0.25) is 17.8 Å². The summed E-state index contributed by atoms with van der Waals surface area (Å²) in [4.78, 5) is 91.9. The summed E-state index contributed by atoms with van der Waals surface area (Å²) in [6.07, 6.45) is 4.94. The summed E-state index contributed by atoms with van der Waals surface area (Å²) < 4.78 is 6.96. The lowest BCUT2D eigenvalue weighted by atomic mass is 9.93. The number of hydrogen-bond acceptors (Lipinski definition) is 13. The molecular formula is C41H44ClN9O7. The van der Waals surface area contributed by atoms with Crippen molar-refractivity contribution in [2.75, 3.05) is 67.5 Å². The highest BCUT2D eigenvalue weighted by molar-refractivity contribution is 6.33. The quantitative estimate of drug-likeness (QED) is 0.211. The largest absolute Gasteiger partial charge is 0.480 e. The van der Waals surface area contributed by atoms with Crippen LogP contribution < -0.4 is 30.7 Å². The minimum absolute atomic E-state index is 0.0853. The molecule has 17 heteroatoms. The van der Waals surface area contributed by atoms with E-state index in [1.165, 1.54) is 11.5 Å². The molecule has 3 fully saturated rings. The van der Waals surface area contributed by atoms with Crippen molar-refractivity contribution in [3.8, 4) is 5.75 Å². The van der Waals surface area contributed by atoms with Crippen molar-refractivity contribution in [1.29, 1.82) is 0 Å². The number of hydrogen-bond donors (Lipinski definition) is 2. The molecule has 0 bridgehead atoms. The first-order valence-corrected chi connectivity index (χ1v) is 19.9. The molecule has 302 valence electrons. The van der Waals surface area contributed by atoms with Gasteiger partial charge in [0.15, 0.2) is 17.4 Å². The second-order valence-electron chi connectivity index (χ2n) is 15.4. The van der Waals surface area contributed by atoms with Gasteiger partial charge in [0.1, 0.15) is 17.7 Å². The van der Waals surface area contributed by atoms with Crippen molar-refractivity contribution in [3.05, 3.63) is 75.2 Å². The van der Waals surface area contributed by atoms with Gasteiger partial charge in [-0.1, -0.05) is 11.6 Å². The van der Waals surface area contributed by atoms with Gasteiger partial charge in [0.05, 0.1) is 22.8 Å². The number of imide groups is 2. The lowest BCUT2D eigenvalue weighted by Gasteiger charge is -2.37. The van der Waals surface area contributed by atoms with Gasteiger partial charge in [-0.2, -0.15) is 4.98 Å². The number of benzene rings is 2. The number of nitrogens with one attached hydrogen (secondary N) is 2. The molecule has 2 aromatic carbocycles. The number of Topliss-reactive ketones (excluding diaryl/α,β-unsaturated/α-hetero) is 1. The van der Waals surface area contributed by atoms with E-state index in [0.29, 0.717) is 39.5 Å². The zero-order valence-electron chi connectivity index (χ0n) is 32.3. The second-order valence-corrected chi connectivity index (χ2v) is 15.8. The van der Waals surface area contributed by atoms with Crippen LogP contribution in [0.4, 0.5) is 23.1 Å². The zero-order chi connectivity index (χ0) is 40.7. The fourth-order valence-electron chi connectivity index (χ4n) is 8.22. The number of piperazine rings is 1. The number of ketones is 1. The lowest BCUT2D eigenvalue weighted by molar-refractivity contribution is -0.136. The molecule has 0 spiro atoms. The molecule has 4 amide bonds. The van der Waals surface area contributed by atoms with Crippen LogP contribution >= 0.6 is 11.6 Å². The Morgan fingerprint density at radius 2 is 1.67 bits per heavy atom. The lowest BCUT2D eigenvalue weighted by Crippen LogP contribution is -2.54. The molecule has 4 aromatic rings. The molecule has 8 rings (SSSR count). The van der Waals surface area contributed by atoms with Crippen LogP contribution in [-0.2, 0) is 21.4 Å². The molecule has 4 aliphatic rings. The van der Waals surface area contributed by atoms with Crippen molar-refractivity contribution in [2.24, 2.45) is 13.0 Å². The number of fused-ring (bicyclic) bond motifs is 2. The third kappa shape index (κ3) is 7.85. The Bertz CT molecular complexity index is 2390. The van der Waals surface area contributed by atoms with E-state index in [9.17, 15) is 28.8 Å². The third-order valence-electron chi connectivity index (χ3n) is 11.5. The molecule has 2 N–H and O–H groups in total. The first-order valence-electron chi connectivity index (χ1n) is 19.6. The van der Waals surface area contributed by atoms with Crippen molar-refractivity contribution in [1.82, 2.24) is 29.7 Å². The predicted molar refractivity (Wildman–Crippen MR) is 217 cm³/mol. The summed E-state index contributed by atoms with van der Waals surface area (Å²) in [5.74, 6) is -0.431. The van der Waals surface area contributed by atoms with E-state index in [4.69, 9.17) is 21.3 Å². The predicted octanol–water partition coefficient (Wildman–Crippen LogP) is 3.52. The van der Waals surface area contributed by atoms with Crippen molar-refractivity contribution in [2.45, 2.75) is 45.1 Å². The van der Waals surface area contributed by atoms with Gasteiger partial charge in [0, 0.05) is 69.5 Å². The van der Waals surface area contributed by atoms with Crippen LogP contribution in [0.5, 0.6) is 5.75 Å². The Morgan fingerprint density at radius 1 is 0.914 bits per heavy atom. The van der Waals surface area contributed by atoms with Crippen molar-refractivity contribution in [3.63, 3.8) is 0 Å². The normalized spacial score (nSPS) is 19.2. The number of pyridine rings is 1. The van der Waals surface area contributed by atoms with E-state index < -0.39 is 29.7 Å². The number of carbonyl (C=O) groups is 5. The number of piperidine rings is 2. The zero-order valence-corrected chi connectivity index (χ0v) is 33.1. The number of aromatic nitrogens is 3. The fraction of sp³-hybridized carbons (Fsp3) is 0.415. The van der Waals surface area contributed by atoms with E-state index in [0.717, 1.165) is 81.0 Å². The molecule has 1 atom stereocenters. The van der Waals surface area contributed by atoms with Crippen LogP contribution in [-0.4, -0.2) is 112 Å². The highest BCUT2D eigenvalue weighted by Gasteiger charge is 2.45. The van der Waals surface area contributed by atoms with E-state index in [1.807, 2.05) is 24.3 Å². The van der Waals surface area contributed by atoms with Gasteiger partial charge in [-0.3, -0.25) is 43.9 Å². The Morgan fingerprint density at radius 3 is 2.41 bits per heavy atom. The van der Waals surface area contributed by atoms with E-state index >= 15 is 0 Å². The molecule has 0 saturated carbocycles. The van der Waals surface area contributed by atoms with Gasteiger partial charge in [0.25, 0.3) is 17.4 Å². The summed E-state index contributed by atoms with van der Waals surface area (Å²) in [7, 11) is 1.66. The maximum absolute atomic E-state index is 13.3. The highest BCUT2D eigenvalue weighted by Crippen LogP contribution is 2.32. The van der Waals surface area contributed by atoms with E-state index in [-0.39, 0.29) is 42.1 Å². The maximum Gasteiger partial charge on any atom is 0.293 e. The Balaban J connectivity index is 0.819. The van der Waals surface area contributed by atoms with Crippen LogP contribution in [0.25, 0.3) is 10.9 Å². The number of rotatable bonds is 11. The maximum atomic E-state index is 13.3. The second kappa shape index (κ2) is 16.2. The summed E-state index contributed by atoms with van der Waals surface area (Å²) in [5, 5.41) is 6.66. The van der Waals surface area contributed by atoms with Crippen LogP contribution in [0.2, 0.25) is 5.02 Å². The Kier molecular flexibility index (Phi) is 10.9. The van der Waals surface area contributed by atoms with Crippen LogP contribution in [0, 0.1) is 5.92 Å². The van der Waals surface area contributed by atoms with Gasteiger partial charge in [-0.25, -0.2) is 4.98 Å². The first kappa shape index (κ1) is 39.0. The Labute approximate surface area is 339 Å². The van der Waals surface area contributed by atoms with Gasteiger partial charge >= 0.3 is 0 Å². The SMILES string of the molecule is CC(=O)COc1cc2cc(Nc3nc(N4CCC(CCN5CCN(c6ccc7c(c6)C(=O)N(C6CCC(=O)NC6=O)C7=O)CC5)CC4)ncc3Cl)ccc2n(C)c1=O. The fourth-order valence-corrected chi connectivity index (χ4v) is 8.36. The molecular weight excluding hydrogens is 766 g/mol. The molecule has 0 radical (unpaired) electrons. The highest BCUT2D eigenvalue weighted by atomic mass is 35.5. The van der Waals surface area contributed by atoms with Gasteiger partial charge < -0.3 is 24.4 Å². The number of amides is 4. The summed E-state index contributed by atoms with van der Waals surface area (Å²) >= 11 is 6.54. The van der Waals surface area contributed by atoms with Gasteiger partial charge in [-0.15, -0.1) is 0 Å². The molecule has 6 heterocycles. The molecule has 1 unspecified atom stereocenters. The van der Waals surface area contributed by atoms with Crippen LogP contribution in [0.3, 0.4) is 0 Å². The summed E-state index contributed by atoms with van der Waals surface area (Å²) in [5.41, 5.74) is 2.56. The Hall–Kier alpha value is -5.87. The number of carbonyl (C=O) groups excluding carboxylic acids is 5. The summed E-state index contributed by atoms with van der Waals surface area (Å²) in [6.45, 7) is 7.20.